The highest BCUT2D eigenvalue weighted by Gasteiger charge is 2.30. The number of aldehydes is 1. The van der Waals surface area contributed by atoms with Crippen molar-refractivity contribution in [3.8, 4) is 11.5 Å². The fraction of sp³-hybridized carbons (Fsp3) is 0.333. The van der Waals surface area contributed by atoms with Gasteiger partial charge >= 0.3 is 0 Å². The molecule has 1 heterocycles. The van der Waals surface area contributed by atoms with Gasteiger partial charge in [-0.25, -0.2) is 0 Å². The lowest BCUT2D eigenvalue weighted by molar-refractivity contribution is -0.113. The number of rotatable bonds is 6. The van der Waals surface area contributed by atoms with Crippen LogP contribution in [0.4, 0.5) is 5.69 Å². The average Bonchev–Trinajstić information content (AvgIpc) is 2.69. The van der Waals surface area contributed by atoms with Crippen LogP contribution in [0.5, 0.6) is 11.5 Å². The maximum absolute atomic E-state index is 11.7. The summed E-state index contributed by atoms with van der Waals surface area (Å²) in [5.74, 6) is 0.651. The number of nitrogens with zero attached hydrogens (tertiary/aromatic N) is 2. The Bertz CT molecular complexity index is 833. The van der Waals surface area contributed by atoms with Crippen molar-refractivity contribution in [3.63, 3.8) is 0 Å². The van der Waals surface area contributed by atoms with E-state index in [1.807, 2.05) is 35.3 Å². The molecule has 6 nitrogen and oxygen atoms in total. The summed E-state index contributed by atoms with van der Waals surface area (Å²) in [6, 6.07) is 12.6. The highest BCUT2D eigenvalue weighted by atomic mass is 16.5. The van der Waals surface area contributed by atoms with E-state index < -0.39 is 0 Å². The molecule has 0 bridgehead atoms. The van der Waals surface area contributed by atoms with Gasteiger partial charge in [-0.1, -0.05) is 19.1 Å². The van der Waals surface area contributed by atoms with Gasteiger partial charge in [0.15, 0.2) is 11.5 Å². The van der Waals surface area contributed by atoms with E-state index in [2.05, 4.69) is 6.92 Å². The first-order valence-corrected chi connectivity index (χ1v) is 9.08. The third-order valence-electron chi connectivity index (χ3n) is 4.98. The maximum atomic E-state index is 11.7. The van der Waals surface area contributed by atoms with E-state index in [1.165, 1.54) is 7.11 Å². The van der Waals surface area contributed by atoms with Gasteiger partial charge in [-0.2, -0.15) is 5.10 Å². The molecule has 2 aromatic carbocycles. The summed E-state index contributed by atoms with van der Waals surface area (Å²) in [7, 11) is 1.52. The lowest BCUT2D eigenvalue weighted by Gasteiger charge is -2.35. The van der Waals surface area contributed by atoms with E-state index in [0.29, 0.717) is 24.4 Å². The topological polar surface area (TPSA) is 88.2 Å². The molecule has 6 heteroatoms. The van der Waals surface area contributed by atoms with Crippen molar-refractivity contribution in [1.29, 1.82) is 0 Å². The van der Waals surface area contributed by atoms with Crippen LogP contribution in [0.3, 0.4) is 0 Å². The van der Waals surface area contributed by atoms with Gasteiger partial charge in [0.25, 0.3) is 0 Å². The van der Waals surface area contributed by atoms with Crippen molar-refractivity contribution in [2.75, 3.05) is 12.8 Å². The van der Waals surface area contributed by atoms with Crippen LogP contribution in [0, 0.1) is 5.92 Å². The second-order valence-corrected chi connectivity index (χ2v) is 6.76. The van der Waals surface area contributed by atoms with E-state index in [1.54, 1.807) is 12.1 Å². The normalized spacial score (nSPS) is 19.5. The molecule has 0 fully saturated rings. The number of anilines is 1. The van der Waals surface area contributed by atoms with E-state index in [0.717, 1.165) is 29.5 Å². The summed E-state index contributed by atoms with van der Waals surface area (Å²) in [5, 5.41) is 16.8. The summed E-state index contributed by atoms with van der Waals surface area (Å²) >= 11 is 0. The standard InChI is InChI=1S/C21H25N3O3/c1-3-15-10-18(13-25)24(12-14-4-7-17(22)8-5-14)23-21(15)16-6-9-20(27-2)19(26)11-16/h4-9,11,13,15,18,26H,3,10,12,22H2,1-2H3. The Kier molecular flexibility index (Phi) is 5.64. The van der Waals surface area contributed by atoms with Crippen LogP contribution in [-0.4, -0.2) is 35.3 Å². The second kappa shape index (κ2) is 8.12. The zero-order valence-corrected chi connectivity index (χ0v) is 15.6. The van der Waals surface area contributed by atoms with Crippen molar-refractivity contribution in [2.45, 2.75) is 32.4 Å². The number of ether oxygens (including phenoxy) is 1. The zero-order valence-electron chi connectivity index (χ0n) is 15.6. The Hall–Kier alpha value is -3.02. The number of nitrogen functional groups attached to an aromatic ring is 1. The highest BCUT2D eigenvalue weighted by Crippen LogP contribution is 2.32. The summed E-state index contributed by atoms with van der Waals surface area (Å²) in [5.41, 5.74) is 9.21. The number of hydrogen-bond donors (Lipinski definition) is 2. The molecule has 0 spiro atoms. The third kappa shape index (κ3) is 4.05. The first kappa shape index (κ1) is 18.8. The van der Waals surface area contributed by atoms with Crippen LogP contribution in [0.15, 0.2) is 47.6 Å². The Labute approximate surface area is 159 Å². The molecule has 0 radical (unpaired) electrons. The van der Waals surface area contributed by atoms with E-state index >= 15 is 0 Å². The lowest BCUT2D eigenvalue weighted by atomic mass is 9.87. The predicted molar refractivity (Wildman–Crippen MR) is 106 cm³/mol. The molecule has 1 aliphatic heterocycles. The first-order chi connectivity index (χ1) is 13.0. The van der Waals surface area contributed by atoms with Crippen LogP contribution in [0.2, 0.25) is 0 Å². The van der Waals surface area contributed by atoms with Crippen LogP contribution >= 0.6 is 0 Å². The second-order valence-electron chi connectivity index (χ2n) is 6.76. The number of hydrazone groups is 1. The Balaban J connectivity index is 1.96. The van der Waals surface area contributed by atoms with E-state index in [-0.39, 0.29) is 17.7 Å². The molecule has 2 unspecified atom stereocenters. The number of aromatic hydroxyl groups is 1. The minimum Gasteiger partial charge on any atom is -0.504 e. The van der Waals surface area contributed by atoms with Crippen LogP contribution in [0.1, 0.15) is 30.9 Å². The molecule has 27 heavy (non-hydrogen) atoms. The van der Waals surface area contributed by atoms with Crippen molar-refractivity contribution >= 4 is 17.7 Å². The molecule has 0 saturated carbocycles. The molecule has 0 aliphatic carbocycles. The molecular formula is C21H25N3O3. The number of methoxy groups -OCH3 is 1. The van der Waals surface area contributed by atoms with Crippen LogP contribution in [0.25, 0.3) is 0 Å². The summed E-state index contributed by atoms with van der Waals surface area (Å²) < 4.78 is 5.13. The monoisotopic (exact) mass is 367 g/mol. The minimum atomic E-state index is -0.275. The van der Waals surface area contributed by atoms with Gasteiger partial charge in [0.2, 0.25) is 0 Å². The van der Waals surface area contributed by atoms with E-state index in [4.69, 9.17) is 15.6 Å². The number of benzene rings is 2. The van der Waals surface area contributed by atoms with Gasteiger partial charge in [0, 0.05) is 17.2 Å². The average molecular weight is 367 g/mol. The third-order valence-corrected chi connectivity index (χ3v) is 4.98. The fourth-order valence-corrected chi connectivity index (χ4v) is 3.41. The Morgan fingerprint density at radius 2 is 2.04 bits per heavy atom. The molecule has 2 atom stereocenters. The SMILES string of the molecule is CCC1CC(C=O)N(Cc2ccc(N)cc2)N=C1c1ccc(OC)c(O)c1. The lowest BCUT2D eigenvalue weighted by Crippen LogP contribution is -2.41. The number of phenolic OH excluding ortho intramolecular Hbond substituents is 1. The summed E-state index contributed by atoms with van der Waals surface area (Å²) in [4.78, 5) is 11.7. The van der Waals surface area contributed by atoms with Crippen LogP contribution in [-0.2, 0) is 11.3 Å². The van der Waals surface area contributed by atoms with Gasteiger partial charge in [-0.3, -0.25) is 5.01 Å². The molecule has 2 aromatic rings. The Morgan fingerprint density at radius 1 is 1.30 bits per heavy atom. The van der Waals surface area contributed by atoms with Crippen molar-refractivity contribution < 1.29 is 14.6 Å². The van der Waals surface area contributed by atoms with Gasteiger partial charge in [0.1, 0.15) is 12.3 Å². The maximum Gasteiger partial charge on any atom is 0.160 e. The summed E-state index contributed by atoms with van der Waals surface area (Å²) in [6.07, 6.45) is 2.53. The number of carbonyl (C=O) groups excluding carboxylic acids is 1. The van der Waals surface area contributed by atoms with Gasteiger partial charge in [0.05, 0.1) is 19.4 Å². The Morgan fingerprint density at radius 3 is 2.63 bits per heavy atom. The van der Waals surface area contributed by atoms with E-state index in [9.17, 15) is 9.90 Å². The molecule has 1 aliphatic rings. The van der Waals surface area contributed by atoms with Crippen molar-refractivity contribution in [2.24, 2.45) is 11.0 Å². The smallest absolute Gasteiger partial charge is 0.160 e. The molecule has 0 aromatic heterocycles. The fourth-order valence-electron chi connectivity index (χ4n) is 3.41. The number of carbonyl (C=O) groups is 1. The van der Waals surface area contributed by atoms with Gasteiger partial charge < -0.3 is 20.4 Å². The minimum absolute atomic E-state index is 0.0788. The largest absolute Gasteiger partial charge is 0.504 e. The molecule has 0 saturated heterocycles. The van der Waals surface area contributed by atoms with Gasteiger partial charge in [-0.05, 0) is 48.7 Å². The summed E-state index contributed by atoms with van der Waals surface area (Å²) in [6.45, 7) is 2.60. The van der Waals surface area contributed by atoms with Gasteiger partial charge in [-0.15, -0.1) is 0 Å². The van der Waals surface area contributed by atoms with Crippen LogP contribution < -0.4 is 10.5 Å². The number of nitrogens with two attached hydrogens (primary N) is 1. The molecule has 0 amide bonds. The highest BCUT2D eigenvalue weighted by molar-refractivity contribution is 6.03. The quantitative estimate of drug-likeness (QED) is 0.605. The predicted octanol–water partition coefficient (Wildman–Crippen LogP) is 3.19. The molecule has 3 rings (SSSR count). The van der Waals surface area contributed by atoms with Crippen molar-refractivity contribution in [3.05, 3.63) is 53.6 Å². The molecular weight excluding hydrogens is 342 g/mol. The molecule has 142 valence electrons. The van der Waals surface area contributed by atoms with Crippen molar-refractivity contribution in [1.82, 2.24) is 5.01 Å². The number of hydrogen-bond acceptors (Lipinski definition) is 6. The first-order valence-electron chi connectivity index (χ1n) is 9.08. The zero-order chi connectivity index (χ0) is 19.4. The number of phenols is 1. The molecule has 3 N–H and O–H groups in total.